The Bertz CT molecular complexity index is 1160. The number of benzene rings is 3. The molecule has 2 amide bonds. The van der Waals surface area contributed by atoms with Crippen LogP contribution in [0, 0.1) is 24.0 Å². The molecule has 0 heterocycles. The molecule has 152 valence electrons. The summed E-state index contributed by atoms with van der Waals surface area (Å²) in [5.41, 5.74) is 3.07. The van der Waals surface area contributed by atoms with Crippen LogP contribution in [0.25, 0.3) is 0 Å². The highest BCUT2D eigenvalue weighted by Gasteiger charge is 2.18. The van der Waals surface area contributed by atoms with Crippen molar-refractivity contribution in [2.24, 2.45) is 0 Å². The van der Waals surface area contributed by atoms with Crippen molar-refractivity contribution in [2.45, 2.75) is 13.8 Å². The molecular weight excluding hydrogens is 406 g/mol. The van der Waals surface area contributed by atoms with E-state index in [2.05, 4.69) is 10.6 Å². The number of carbonyl (C=O) groups is 2. The number of amides is 2. The SMILES string of the molecule is Cc1ccc(NC(=O)c2ccccc2NC(=O)c2ccc([N+](=O)[O-])cc2Cl)c(C)c1. The fourth-order valence-electron chi connectivity index (χ4n) is 2.92. The van der Waals surface area contributed by atoms with Crippen molar-refractivity contribution in [3.05, 3.63) is 98.1 Å². The molecule has 0 saturated heterocycles. The van der Waals surface area contributed by atoms with Crippen LogP contribution in [0.2, 0.25) is 5.02 Å². The number of rotatable bonds is 5. The van der Waals surface area contributed by atoms with E-state index >= 15 is 0 Å². The third-order valence-electron chi connectivity index (χ3n) is 4.46. The fourth-order valence-corrected chi connectivity index (χ4v) is 3.19. The number of nitrogens with zero attached hydrogens (tertiary/aromatic N) is 1. The quantitative estimate of drug-likeness (QED) is 0.425. The summed E-state index contributed by atoms with van der Waals surface area (Å²) in [6, 6.07) is 15.8. The predicted molar refractivity (Wildman–Crippen MR) is 116 cm³/mol. The molecule has 0 fully saturated rings. The van der Waals surface area contributed by atoms with Gasteiger partial charge in [0.05, 0.1) is 26.8 Å². The van der Waals surface area contributed by atoms with E-state index in [-0.39, 0.29) is 27.7 Å². The molecule has 8 heteroatoms. The molecule has 30 heavy (non-hydrogen) atoms. The van der Waals surface area contributed by atoms with E-state index in [1.165, 1.54) is 12.1 Å². The van der Waals surface area contributed by atoms with Gasteiger partial charge in [-0.3, -0.25) is 19.7 Å². The number of nitrogens with one attached hydrogen (secondary N) is 2. The lowest BCUT2D eigenvalue weighted by Crippen LogP contribution is -2.19. The Balaban J connectivity index is 1.84. The second-order valence-electron chi connectivity index (χ2n) is 6.69. The molecule has 7 nitrogen and oxygen atoms in total. The van der Waals surface area contributed by atoms with Gasteiger partial charge in [-0.05, 0) is 43.7 Å². The van der Waals surface area contributed by atoms with Gasteiger partial charge in [-0.1, -0.05) is 41.4 Å². The molecule has 0 atom stereocenters. The first kappa shape index (κ1) is 21.0. The molecule has 0 aromatic heterocycles. The highest BCUT2D eigenvalue weighted by atomic mass is 35.5. The van der Waals surface area contributed by atoms with Gasteiger partial charge in [0.2, 0.25) is 0 Å². The van der Waals surface area contributed by atoms with Crippen LogP contribution >= 0.6 is 11.6 Å². The van der Waals surface area contributed by atoms with Crippen molar-refractivity contribution in [1.29, 1.82) is 0 Å². The summed E-state index contributed by atoms with van der Waals surface area (Å²) < 4.78 is 0. The van der Waals surface area contributed by atoms with Gasteiger partial charge in [-0.25, -0.2) is 0 Å². The van der Waals surface area contributed by atoms with Crippen molar-refractivity contribution in [3.8, 4) is 0 Å². The van der Waals surface area contributed by atoms with Crippen LogP contribution in [0.3, 0.4) is 0 Å². The number of non-ortho nitro benzene ring substituents is 1. The molecule has 3 aromatic rings. The molecule has 0 unspecified atom stereocenters. The maximum atomic E-state index is 12.8. The molecule has 2 N–H and O–H groups in total. The number of carbonyl (C=O) groups excluding carboxylic acids is 2. The number of para-hydroxylation sites is 1. The first-order valence-electron chi connectivity index (χ1n) is 8.99. The standard InChI is InChI=1S/C22H18ClN3O4/c1-13-7-10-19(14(2)11-13)24-22(28)17-5-3-4-6-20(17)25-21(27)16-9-8-15(26(29)30)12-18(16)23/h3-12H,1-2H3,(H,24,28)(H,25,27). The lowest BCUT2D eigenvalue weighted by molar-refractivity contribution is -0.384. The number of nitro groups is 1. The van der Waals surface area contributed by atoms with Crippen LogP contribution in [-0.4, -0.2) is 16.7 Å². The molecule has 3 rings (SSSR count). The van der Waals surface area contributed by atoms with Crippen molar-refractivity contribution in [1.82, 2.24) is 0 Å². The summed E-state index contributed by atoms with van der Waals surface area (Å²) in [4.78, 5) is 35.7. The number of hydrogen-bond donors (Lipinski definition) is 2. The van der Waals surface area contributed by atoms with Gasteiger partial charge >= 0.3 is 0 Å². The summed E-state index contributed by atoms with van der Waals surface area (Å²) in [7, 11) is 0. The van der Waals surface area contributed by atoms with Gasteiger partial charge in [0.15, 0.2) is 0 Å². The zero-order valence-electron chi connectivity index (χ0n) is 16.2. The van der Waals surface area contributed by atoms with Crippen LogP contribution in [0.5, 0.6) is 0 Å². The van der Waals surface area contributed by atoms with Gasteiger partial charge in [-0.15, -0.1) is 0 Å². The molecule has 0 aliphatic rings. The van der Waals surface area contributed by atoms with E-state index < -0.39 is 10.8 Å². The lowest BCUT2D eigenvalue weighted by Gasteiger charge is -2.13. The number of nitro benzene ring substituents is 1. The van der Waals surface area contributed by atoms with Crippen LogP contribution in [0.4, 0.5) is 17.1 Å². The summed E-state index contributed by atoms with van der Waals surface area (Å²) in [6.45, 7) is 3.86. The minimum absolute atomic E-state index is 0.0566. The Labute approximate surface area is 177 Å². The average Bonchev–Trinajstić information content (AvgIpc) is 2.70. The van der Waals surface area contributed by atoms with E-state index in [9.17, 15) is 19.7 Å². The van der Waals surface area contributed by atoms with Gasteiger partial charge in [-0.2, -0.15) is 0 Å². The molecule has 0 aliphatic carbocycles. The monoisotopic (exact) mass is 423 g/mol. The molecule has 0 aliphatic heterocycles. The third kappa shape index (κ3) is 4.64. The second kappa shape index (κ2) is 8.75. The fraction of sp³-hybridized carbons (Fsp3) is 0.0909. The Morgan fingerprint density at radius 3 is 2.20 bits per heavy atom. The normalized spacial score (nSPS) is 10.4. The van der Waals surface area contributed by atoms with Gasteiger partial charge < -0.3 is 10.6 Å². The molecular formula is C22H18ClN3O4. The van der Waals surface area contributed by atoms with Crippen molar-refractivity contribution in [3.63, 3.8) is 0 Å². The Hall–Kier alpha value is -3.71. The first-order chi connectivity index (χ1) is 14.3. The summed E-state index contributed by atoms with van der Waals surface area (Å²) in [6.07, 6.45) is 0. The van der Waals surface area contributed by atoms with E-state index in [0.29, 0.717) is 11.4 Å². The minimum atomic E-state index is -0.597. The Morgan fingerprint density at radius 2 is 1.53 bits per heavy atom. The number of halogens is 1. The van der Waals surface area contributed by atoms with Crippen LogP contribution in [0.15, 0.2) is 60.7 Å². The first-order valence-corrected chi connectivity index (χ1v) is 9.37. The highest BCUT2D eigenvalue weighted by molar-refractivity contribution is 6.34. The minimum Gasteiger partial charge on any atom is -0.322 e. The molecule has 0 bridgehead atoms. The second-order valence-corrected chi connectivity index (χ2v) is 7.10. The van der Waals surface area contributed by atoms with E-state index in [1.54, 1.807) is 24.3 Å². The van der Waals surface area contributed by atoms with Gasteiger partial charge in [0.25, 0.3) is 17.5 Å². The maximum absolute atomic E-state index is 12.8. The number of hydrogen-bond acceptors (Lipinski definition) is 4. The number of anilines is 2. The van der Waals surface area contributed by atoms with Crippen LogP contribution in [0.1, 0.15) is 31.8 Å². The van der Waals surface area contributed by atoms with Crippen molar-refractivity contribution in [2.75, 3.05) is 10.6 Å². The van der Waals surface area contributed by atoms with Crippen LogP contribution in [-0.2, 0) is 0 Å². The van der Waals surface area contributed by atoms with E-state index in [1.807, 2.05) is 32.0 Å². The zero-order valence-corrected chi connectivity index (χ0v) is 17.0. The molecule has 0 saturated carbocycles. The van der Waals surface area contributed by atoms with Crippen molar-refractivity contribution < 1.29 is 14.5 Å². The van der Waals surface area contributed by atoms with Gasteiger partial charge in [0, 0.05) is 17.8 Å². The van der Waals surface area contributed by atoms with Crippen molar-refractivity contribution >= 4 is 40.5 Å². The predicted octanol–water partition coefficient (Wildman–Crippen LogP) is 5.37. The highest BCUT2D eigenvalue weighted by Crippen LogP contribution is 2.25. The van der Waals surface area contributed by atoms with Gasteiger partial charge in [0.1, 0.15) is 0 Å². The molecule has 0 radical (unpaired) electrons. The summed E-state index contributed by atoms with van der Waals surface area (Å²) >= 11 is 6.03. The maximum Gasteiger partial charge on any atom is 0.270 e. The van der Waals surface area contributed by atoms with E-state index in [0.717, 1.165) is 17.2 Å². The summed E-state index contributed by atoms with van der Waals surface area (Å²) in [5, 5.41) is 16.3. The Kier molecular flexibility index (Phi) is 6.13. The smallest absolute Gasteiger partial charge is 0.270 e. The topological polar surface area (TPSA) is 101 Å². The third-order valence-corrected chi connectivity index (χ3v) is 4.77. The largest absolute Gasteiger partial charge is 0.322 e. The number of aryl methyl sites for hydroxylation is 2. The zero-order chi connectivity index (χ0) is 21.8. The summed E-state index contributed by atoms with van der Waals surface area (Å²) in [5.74, 6) is -0.964. The average molecular weight is 424 g/mol. The Morgan fingerprint density at radius 1 is 0.867 bits per heavy atom. The van der Waals surface area contributed by atoms with Crippen LogP contribution < -0.4 is 10.6 Å². The van der Waals surface area contributed by atoms with E-state index in [4.69, 9.17) is 11.6 Å². The molecule has 0 spiro atoms. The lowest BCUT2D eigenvalue weighted by atomic mass is 10.1. The molecule has 3 aromatic carbocycles.